The fourth-order valence-corrected chi connectivity index (χ4v) is 2.07. The van der Waals surface area contributed by atoms with Crippen LogP contribution in [0.25, 0.3) is 0 Å². The van der Waals surface area contributed by atoms with E-state index in [2.05, 4.69) is 20.8 Å². The van der Waals surface area contributed by atoms with Crippen LogP contribution >= 0.6 is 0 Å². The van der Waals surface area contributed by atoms with Crippen LogP contribution in [0, 0.1) is 11.8 Å². The minimum absolute atomic E-state index is 0.516. The van der Waals surface area contributed by atoms with Crippen molar-refractivity contribution in [3.05, 3.63) is 0 Å². The van der Waals surface area contributed by atoms with E-state index < -0.39 is 5.79 Å². The van der Waals surface area contributed by atoms with E-state index in [1.54, 1.807) is 0 Å². The smallest absolute Gasteiger partial charge is 0.201 e. The summed E-state index contributed by atoms with van der Waals surface area (Å²) in [6.07, 6.45) is 4.17. The molecule has 0 bridgehead atoms. The van der Waals surface area contributed by atoms with Crippen LogP contribution in [0.4, 0.5) is 0 Å². The minimum Gasteiger partial charge on any atom is -0.347 e. The topological polar surface area (TPSA) is 29.1 Å². The van der Waals surface area contributed by atoms with Gasteiger partial charge in [-0.05, 0) is 11.8 Å². The lowest BCUT2D eigenvalue weighted by Gasteiger charge is -2.28. The van der Waals surface area contributed by atoms with Gasteiger partial charge < -0.3 is 4.74 Å². The molecule has 0 aromatic carbocycles. The highest BCUT2D eigenvalue weighted by molar-refractivity contribution is 4.68. The molecule has 0 N–H and O–H groups in total. The first-order chi connectivity index (χ1) is 7.49. The van der Waals surface area contributed by atoms with Gasteiger partial charge in [0.05, 0.1) is 6.61 Å². The van der Waals surface area contributed by atoms with Gasteiger partial charge in [-0.2, -0.15) is 5.11 Å². The molecule has 0 amide bonds. The Kier molecular flexibility index (Phi) is 8.04. The zero-order chi connectivity index (χ0) is 12.6. The maximum atomic E-state index is 12.3. The molecular formula is C14H29O2. The molecule has 2 nitrogen and oxygen atoms in total. The Morgan fingerprint density at radius 3 is 1.88 bits per heavy atom. The second kappa shape index (κ2) is 8.08. The summed E-state index contributed by atoms with van der Waals surface area (Å²) in [6, 6.07) is 0. The van der Waals surface area contributed by atoms with E-state index in [0.717, 1.165) is 19.3 Å². The molecule has 0 aliphatic rings. The van der Waals surface area contributed by atoms with Crippen molar-refractivity contribution < 1.29 is 9.84 Å². The zero-order valence-corrected chi connectivity index (χ0v) is 11.7. The molecule has 1 unspecified atom stereocenters. The molecule has 0 saturated heterocycles. The molecule has 0 aliphatic heterocycles. The van der Waals surface area contributed by atoms with Crippen LogP contribution in [0.2, 0.25) is 0 Å². The van der Waals surface area contributed by atoms with E-state index in [1.165, 1.54) is 0 Å². The van der Waals surface area contributed by atoms with Crippen LogP contribution in [0.15, 0.2) is 0 Å². The molecule has 97 valence electrons. The lowest BCUT2D eigenvalue weighted by atomic mass is 9.94. The maximum absolute atomic E-state index is 12.3. The van der Waals surface area contributed by atoms with E-state index in [0.29, 0.717) is 31.3 Å². The van der Waals surface area contributed by atoms with Gasteiger partial charge in [0.1, 0.15) is 0 Å². The van der Waals surface area contributed by atoms with E-state index in [1.807, 2.05) is 13.8 Å². The van der Waals surface area contributed by atoms with Crippen molar-refractivity contribution in [3.63, 3.8) is 0 Å². The van der Waals surface area contributed by atoms with Crippen LogP contribution in [0.3, 0.4) is 0 Å². The van der Waals surface area contributed by atoms with Crippen LogP contribution in [-0.2, 0) is 9.84 Å². The molecule has 1 atom stereocenters. The Hall–Kier alpha value is -0.0800. The summed E-state index contributed by atoms with van der Waals surface area (Å²) in [4.78, 5) is 0. The highest BCUT2D eigenvalue weighted by Crippen LogP contribution is 2.25. The Bertz CT molecular complexity index is 160. The van der Waals surface area contributed by atoms with Gasteiger partial charge in [0.15, 0.2) is 0 Å². The average Bonchev–Trinajstić information content (AvgIpc) is 2.18. The molecule has 0 fully saturated rings. The SMILES string of the molecule is CCCC([O])(CCC)OCC(CC)C(C)C. The van der Waals surface area contributed by atoms with E-state index in [4.69, 9.17) is 4.74 Å². The van der Waals surface area contributed by atoms with Gasteiger partial charge in [-0.3, -0.25) is 0 Å². The molecule has 0 heterocycles. The summed E-state index contributed by atoms with van der Waals surface area (Å²) in [6.45, 7) is 11.3. The number of hydrogen-bond acceptors (Lipinski definition) is 1. The van der Waals surface area contributed by atoms with E-state index in [-0.39, 0.29) is 0 Å². The third-order valence-electron chi connectivity index (χ3n) is 3.29. The molecule has 1 radical (unpaired) electrons. The van der Waals surface area contributed by atoms with Gasteiger partial charge in [0, 0.05) is 12.8 Å². The number of ether oxygens (including phenoxy) is 1. The standard InChI is InChI=1S/C14H29O2/c1-6-9-14(15,10-7-2)16-11-13(8-3)12(4)5/h12-13H,6-11H2,1-5H3. The Morgan fingerprint density at radius 2 is 1.56 bits per heavy atom. The molecule has 0 rings (SSSR count). The Labute approximate surface area is 101 Å². The molecule has 16 heavy (non-hydrogen) atoms. The van der Waals surface area contributed by atoms with Crippen molar-refractivity contribution in [2.45, 2.75) is 72.5 Å². The lowest BCUT2D eigenvalue weighted by molar-refractivity contribution is -0.255. The lowest BCUT2D eigenvalue weighted by Crippen LogP contribution is -2.33. The minimum atomic E-state index is -1.13. The highest BCUT2D eigenvalue weighted by Gasteiger charge is 2.29. The quantitative estimate of drug-likeness (QED) is 0.538. The van der Waals surface area contributed by atoms with Crippen molar-refractivity contribution in [1.82, 2.24) is 0 Å². The van der Waals surface area contributed by atoms with Crippen molar-refractivity contribution in [3.8, 4) is 0 Å². The zero-order valence-electron chi connectivity index (χ0n) is 11.7. The predicted octanol–water partition coefficient (Wildman–Crippen LogP) is 4.41. The third-order valence-corrected chi connectivity index (χ3v) is 3.29. The van der Waals surface area contributed by atoms with Crippen LogP contribution in [0.1, 0.15) is 66.7 Å². The van der Waals surface area contributed by atoms with Gasteiger partial charge in [-0.25, -0.2) is 0 Å². The molecule has 0 aromatic heterocycles. The average molecular weight is 229 g/mol. The largest absolute Gasteiger partial charge is 0.347 e. The van der Waals surface area contributed by atoms with Gasteiger partial charge >= 0.3 is 0 Å². The number of hydrogen-bond donors (Lipinski definition) is 0. The molecule has 2 heteroatoms. The van der Waals surface area contributed by atoms with Crippen LogP contribution < -0.4 is 0 Å². The van der Waals surface area contributed by atoms with Crippen molar-refractivity contribution in [1.29, 1.82) is 0 Å². The molecule has 0 aliphatic carbocycles. The van der Waals surface area contributed by atoms with Gasteiger partial charge in [-0.1, -0.05) is 53.9 Å². The van der Waals surface area contributed by atoms with Crippen molar-refractivity contribution >= 4 is 0 Å². The number of rotatable bonds is 9. The first-order valence-electron chi connectivity index (χ1n) is 6.83. The molecule has 0 spiro atoms. The summed E-state index contributed by atoms with van der Waals surface area (Å²) in [5, 5.41) is 12.3. The molecule has 0 aromatic rings. The first-order valence-corrected chi connectivity index (χ1v) is 6.83. The second-order valence-electron chi connectivity index (χ2n) is 5.13. The molecular weight excluding hydrogens is 200 g/mol. The van der Waals surface area contributed by atoms with E-state index in [9.17, 15) is 5.11 Å². The van der Waals surface area contributed by atoms with Crippen molar-refractivity contribution in [2.75, 3.05) is 6.61 Å². The third kappa shape index (κ3) is 5.86. The Morgan fingerprint density at radius 1 is 1.06 bits per heavy atom. The van der Waals surface area contributed by atoms with Gasteiger partial charge in [-0.15, -0.1) is 0 Å². The fourth-order valence-electron chi connectivity index (χ4n) is 2.07. The monoisotopic (exact) mass is 229 g/mol. The maximum Gasteiger partial charge on any atom is 0.201 e. The molecule has 0 saturated carbocycles. The van der Waals surface area contributed by atoms with Crippen molar-refractivity contribution in [2.24, 2.45) is 11.8 Å². The van der Waals surface area contributed by atoms with Crippen LogP contribution in [0.5, 0.6) is 0 Å². The Balaban J connectivity index is 4.18. The highest BCUT2D eigenvalue weighted by atomic mass is 16.6. The predicted molar refractivity (Wildman–Crippen MR) is 67.8 cm³/mol. The first kappa shape index (κ1) is 15.9. The van der Waals surface area contributed by atoms with E-state index >= 15 is 0 Å². The summed E-state index contributed by atoms with van der Waals surface area (Å²) in [5.74, 6) is -0.0224. The normalized spacial score (nSPS) is 14.4. The van der Waals surface area contributed by atoms with Gasteiger partial charge in [0.2, 0.25) is 5.79 Å². The van der Waals surface area contributed by atoms with Crippen LogP contribution in [-0.4, -0.2) is 12.4 Å². The fraction of sp³-hybridized carbons (Fsp3) is 1.00. The summed E-state index contributed by atoms with van der Waals surface area (Å²) < 4.78 is 5.67. The second-order valence-corrected chi connectivity index (χ2v) is 5.13. The summed E-state index contributed by atoms with van der Waals surface area (Å²) >= 11 is 0. The van der Waals surface area contributed by atoms with Gasteiger partial charge in [0.25, 0.3) is 0 Å². The summed E-state index contributed by atoms with van der Waals surface area (Å²) in [5.41, 5.74) is 0. The summed E-state index contributed by atoms with van der Waals surface area (Å²) in [7, 11) is 0.